The smallest absolute Gasteiger partial charge is 0.339 e. The van der Waals surface area contributed by atoms with Gasteiger partial charge in [-0.1, -0.05) is 12.1 Å². The summed E-state index contributed by atoms with van der Waals surface area (Å²) in [6, 6.07) is 10.6. The lowest BCUT2D eigenvalue weighted by Crippen LogP contribution is -2.06. The molecular formula is C13H11N3O2. The van der Waals surface area contributed by atoms with Crippen molar-refractivity contribution in [2.24, 2.45) is 0 Å². The van der Waals surface area contributed by atoms with Gasteiger partial charge in [-0.25, -0.2) is 4.79 Å². The van der Waals surface area contributed by atoms with Crippen molar-refractivity contribution in [3.63, 3.8) is 0 Å². The molecule has 2 aromatic rings. The third kappa shape index (κ3) is 2.95. The Labute approximate surface area is 104 Å². The number of hydrogen-bond acceptors (Lipinski definition) is 4. The molecular weight excluding hydrogens is 230 g/mol. The summed E-state index contributed by atoms with van der Waals surface area (Å²) < 4.78 is 6.50. The fraction of sp³-hybridized carbons (Fsp3) is 0.154. The monoisotopic (exact) mass is 241 g/mol. The Morgan fingerprint density at radius 1 is 1.39 bits per heavy atom. The van der Waals surface area contributed by atoms with Gasteiger partial charge in [-0.2, -0.15) is 10.4 Å². The normalized spacial score (nSPS) is 9.72. The number of nitrogens with zero attached hydrogens (tertiary/aromatic N) is 3. The molecule has 0 aliphatic rings. The standard InChI is InChI=1S/C13H11N3O2/c14-6-9-18-13(17)12-4-2-11(3-5-12)10-16-8-1-7-15-16/h1-5,7-8H,9-10H2. The zero-order chi connectivity index (χ0) is 12.8. The molecule has 0 N–H and O–H groups in total. The third-order valence-corrected chi connectivity index (χ3v) is 2.36. The van der Waals surface area contributed by atoms with E-state index in [2.05, 4.69) is 5.10 Å². The summed E-state index contributed by atoms with van der Waals surface area (Å²) in [5, 5.41) is 12.4. The number of esters is 1. The number of rotatable bonds is 4. The minimum absolute atomic E-state index is 0.228. The van der Waals surface area contributed by atoms with E-state index in [1.165, 1.54) is 0 Å². The molecule has 1 heterocycles. The van der Waals surface area contributed by atoms with E-state index < -0.39 is 5.97 Å². The van der Waals surface area contributed by atoms with Crippen LogP contribution in [0.3, 0.4) is 0 Å². The molecule has 0 fully saturated rings. The van der Waals surface area contributed by atoms with Gasteiger partial charge < -0.3 is 4.74 Å². The van der Waals surface area contributed by atoms with Crippen LogP contribution in [-0.4, -0.2) is 22.4 Å². The lowest BCUT2D eigenvalue weighted by atomic mass is 10.1. The van der Waals surface area contributed by atoms with Gasteiger partial charge in [-0.05, 0) is 23.8 Å². The van der Waals surface area contributed by atoms with Crippen LogP contribution in [0.2, 0.25) is 0 Å². The molecule has 0 aliphatic carbocycles. The molecule has 5 heteroatoms. The van der Waals surface area contributed by atoms with Crippen molar-refractivity contribution in [2.75, 3.05) is 6.61 Å². The summed E-state index contributed by atoms with van der Waals surface area (Å²) in [4.78, 5) is 11.4. The lowest BCUT2D eigenvalue weighted by Gasteiger charge is -2.04. The maximum absolute atomic E-state index is 11.4. The molecule has 0 saturated heterocycles. The van der Waals surface area contributed by atoms with Crippen LogP contribution in [0, 0.1) is 11.3 Å². The average Bonchev–Trinajstić information content (AvgIpc) is 2.89. The van der Waals surface area contributed by atoms with Crippen molar-refractivity contribution in [1.82, 2.24) is 9.78 Å². The van der Waals surface area contributed by atoms with Crippen LogP contribution in [0.4, 0.5) is 0 Å². The topological polar surface area (TPSA) is 67.9 Å². The average molecular weight is 241 g/mol. The van der Waals surface area contributed by atoms with Crippen LogP contribution >= 0.6 is 0 Å². The summed E-state index contributed by atoms with van der Waals surface area (Å²) in [5.74, 6) is -0.484. The highest BCUT2D eigenvalue weighted by Crippen LogP contribution is 2.07. The second-order valence-electron chi connectivity index (χ2n) is 3.63. The molecule has 0 atom stereocenters. The molecule has 1 aromatic carbocycles. The van der Waals surface area contributed by atoms with E-state index >= 15 is 0 Å². The molecule has 0 spiro atoms. The maximum atomic E-state index is 11.4. The van der Waals surface area contributed by atoms with E-state index in [0.717, 1.165) is 5.56 Å². The summed E-state index contributed by atoms with van der Waals surface area (Å²) in [6.45, 7) is 0.425. The summed E-state index contributed by atoms with van der Waals surface area (Å²) in [7, 11) is 0. The van der Waals surface area contributed by atoms with Crippen molar-refractivity contribution >= 4 is 5.97 Å². The molecule has 0 amide bonds. The van der Waals surface area contributed by atoms with Crippen molar-refractivity contribution in [3.05, 3.63) is 53.9 Å². The number of carbonyl (C=O) groups excluding carboxylic acids is 1. The summed E-state index contributed by atoms with van der Waals surface area (Å²) in [6.07, 6.45) is 3.59. The minimum Gasteiger partial charge on any atom is -0.447 e. The van der Waals surface area contributed by atoms with Crippen LogP contribution in [0.25, 0.3) is 0 Å². The molecule has 0 unspecified atom stereocenters. The largest absolute Gasteiger partial charge is 0.447 e. The SMILES string of the molecule is N#CCOC(=O)c1ccc(Cn2cccn2)cc1. The second-order valence-corrected chi connectivity index (χ2v) is 3.63. The van der Waals surface area contributed by atoms with Gasteiger partial charge in [-0.15, -0.1) is 0 Å². The molecule has 2 rings (SSSR count). The molecule has 5 nitrogen and oxygen atoms in total. The van der Waals surface area contributed by atoms with Gasteiger partial charge >= 0.3 is 5.97 Å². The Morgan fingerprint density at radius 2 is 2.17 bits per heavy atom. The van der Waals surface area contributed by atoms with E-state index in [1.54, 1.807) is 29.1 Å². The lowest BCUT2D eigenvalue weighted by molar-refractivity contribution is 0.0555. The zero-order valence-electron chi connectivity index (χ0n) is 9.61. The van der Waals surface area contributed by atoms with Gasteiger partial charge in [0.2, 0.25) is 0 Å². The third-order valence-electron chi connectivity index (χ3n) is 2.36. The van der Waals surface area contributed by atoms with Gasteiger partial charge in [0.1, 0.15) is 6.07 Å². The molecule has 18 heavy (non-hydrogen) atoms. The Hall–Kier alpha value is -2.61. The summed E-state index contributed by atoms with van der Waals surface area (Å²) >= 11 is 0. The van der Waals surface area contributed by atoms with E-state index in [0.29, 0.717) is 12.1 Å². The number of carbonyl (C=O) groups is 1. The van der Waals surface area contributed by atoms with E-state index in [4.69, 9.17) is 10.00 Å². The van der Waals surface area contributed by atoms with E-state index in [-0.39, 0.29) is 6.61 Å². The van der Waals surface area contributed by atoms with Gasteiger partial charge in [0.15, 0.2) is 6.61 Å². The Morgan fingerprint density at radius 3 is 2.78 bits per heavy atom. The first-order valence-corrected chi connectivity index (χ1v) is 5.40. The Bertz CT molecular complexity index is 553. The molecule has 0 radical (unpaired) electrons. The predicted octanol–water partition coefficient (Wildman–Crippen LogP) is 1.61. The number of nitriles is 1. The minimum atomic E-state index is -0.484. The van der Waals surface area contributed by atoms with Crippen LogP contribution < -0.4 is 0 Å². The molecule has 0 aliphatic heterocycles. The highest BCUT2D eigenvalue weighted by Gasteiger charge is 2.06. The maximum Gasteiger partial charge on any atom is 0.339 e. The highest BCUT2D eigenvalue weighted by atomic mass is 16.5. The van der Waals surface area contributed by atoms with E-state index in [9.17, 15) is 4.79 Å². The Kier molecular flexibility index (Phi) is 3.72. The zero-order valence-corrected chi connectivity index (χ0v) is 9.61. The van der Waals surface area contributed by atoms with Crippen LogP contribution in [0.15, 0.2) is 42.7 Å². The van der Waals surface area contributed by atoms with Gasteiger partial charge in [-0.3, -0.25) is 4.68 Å². The van der Waals surface area contributed by atoms with Crippen LogP contribution in [0.1, 0.15) is 15.9 Å². The molecule has 0 saturated carbocycles. The van der Waals surface area contributed by atoms with Crippen molar-refractivity contribution < 1.29 is 9.53 Å². The predicted molar refractivity (Wildman–Crippen MR) is 63.7 cm³/mol. The quantitative estimate of drug-likeness (QED) is 0.762. The van der Waals surface area contributed by atoms with Gasteiger partial charge in [0, 0.05) is 12.4 Å². The first-order chi connectivity index (χ1) is 8.79. The van der Waals surface area contributed by atoms with Crippen molar-refractivity contribution in [2.45, 2.75) is 6.54 Å². The van der Waals surface area contributed by atoms with Crippen molar-refractivity contribution in [3.8, 4) is 6.07 Å². The second kappa shape index (κ2) is 5.64. The number of benzene rings is 1. The fourth-order valence-electron chi connectivity index (χ4n) is 1.51. The van der Waals surface area contributed by atoms with E-state index in [1.807, 2.05) is 24.4 Å². The first-order valence-electron chi connectivity index (χ1n) is 5.40. The number of aromatic nitrogens is 2. The van der Waals surface area contributed by atoms with Crippen LogP contribution in [0.5, 0.6) is 0 Å². The summed E-state index contributed by atoms with van der Waals surface area (Å²) in [5.41, 5.74) is 1.48. The van der Waals surface area contributed by atoms with Gasteiger partial charge in [0.05, 0.1) is 12.1 Å². The first kappa shape index (κ1) is 11.9. The molecule has 90 valence electrons. The number of hydrogen-bond donors (Lipinski definition) is 0. The van der Waals surface area contributed by atoms with Gasteiger partial charge in [0.25, 0.3) is 0 Å². The fourth-order valence-corrected chi connectivity index (χ4v) is 1.51. The van der Waals surface area contributed by atoms with Crippen LogP contribution in [-0.2, 0) is 11.3 Å². The van der Waals surface area contributed by atoms with Crippen molar-refractivity contribution in [1.29, 1.82) is 5.26 Å². The molecule has 0 bridgehead atoms. The highest BCUT2D eigenvalue weighted by molar-refractivity contribution is 5.89. The Balaban J connectivity index is 2.01. The molecule has 1 aromatic heterocycles. The number of ether oxygens (including phenoxy) is 1.